The molecule has 0 fully saturated rings. The van der Waals surface area contributed by atoms with Gasteiger partial charge in [0.2, 0.25) is 11.0 Å². The highest BCUT2D eigenvalue weighted by atomic mass is 32.2. The number of thioether (sulfide) groups is 1. The van der Waals surface area contributed by atoms with Crippen LogP contribution in [0.25, 0.3) is 10.2 Å². The van der Waals surface area contributed by atoms with Crippen LogP contribution in [0.2, 0.25) is 0 Å². The maximum absolute atomic E-state index is 12.1. The number of aryl methyl sites for hydroxylation is 2. The van der Waals surface area contributed by atoms with E-state index in [0.29, 0.717) is 23.2 Å². The van der Waals surface area contributed by atoms with E-state index in [-0.39, 0.29) is 5.91 Å². The first-order valence-corrected chi connectivity index (χ1v) is 10.5. The number of hydrogen-bond donors (Lipinski definition) is 1. The van der Waals surface area contributed by atoms with Gasteiger partial charge >= 0.3 is 0 Å². The van der Waals surface area contributed by atoms with Crippen LogP contribution in [-0.2, 0) is 4.79 Å². The lowest BCUT2D eigenvalue weighted by Crippen LogP contribution is -2.12. The molecule has 25 heavy (non-hydrogen) atoms. The maximum Gasteiger partial charge on any atom is 0.227 e. The number of carbonyl (C=O) groups excluding carboxylic acids is 1. The van der Waals surface area contributed by atoms with E-state index in [0.717, 1.165) is 20.3 Å². The highest BCUT2D eigenvalue weighted by molar-refractivity contribution is 7.99. The van der Waals surface area contributed by atoms with Crippen molar-refractivity contribution in [1.82, 2.24) is 20.2 Å². The SMILES string of the molecule is Cc1sc2ncnc(SCCC(=O)Nc3nnc(C(C)C)s3)c2c1C. The minimum atomic E-state index is -0.0533. The molecule has 1 amide bonds. The summed E-state index contributed by atoms with van der Waals surface area (Å²) in [4.78, 5) is 23.1. The average molecular weight is 394 g/mol. The summed E-state index contributed by atoms with van der Waals surface area (Å²) in [5, 5.41) is 14.4. The van der Waals surface area contributed by atoms with Crippen LogP contribution in [0.3, 0.4) is 0 Å². The number of carbonyl (C=O) groups is 1. The number of amides is 1. The van der Waals surface area contributed by atoms with Gasteiger partial charge in [0.25, 0.3) is 0 Å². The van der Waals surface area contributed by atoms with Gasteiger partial charge in [0.05, 0.1) is 0 Å². The minimum Gasteiger partial charge on any atom is -0.301 e. The molecule has 3 aromatic heterocycles. The van der Waals surface area contributed by atoms with Crippen molar-refractivity contribution in [3.63, 3.8) is 0 Å². The first-order chi connectivity index (χ1) is 12.0. The van der Waals surface area contributed by atoms with Crippen LogP contribution in [-0.4, -0.2) is 31.8 Å². The lowest BCUT2D eigenvalue weighted by atomic mass is 10.2. The summed E-state index contributed by atoms with van der Waals surface area (Å²) in [5.41, 5.74) is 1.22. The van der Waals surface area contributed by atoms with E-state index in [2.05, 4.69) is 53.2 Å². The van der Waals surface area contributed by atoms with Gasteiger partial charge in [-0.05, 0) is 19.4 Å². The Balaban J connectivity index is 1.58. The molecular weight excluding hydrogens is 374 g/mol. The average Bonchev–Trinajstić information content (AvgIpc) is 3.13. The smallest absolute Gasteiger partial charge is 0.227 e. The van der Waals surface area contributed by atoms with Gasteiger partial charge in [-0.25, -0.2) is 9.97 Å². The molecule has 3 heterocycles. The molecule has 0 aromatic carbocycles. The number of nitrogens with zero attached hydrogens (tertiary/aromatic N) is 4. The Morgan fingerprint density at radius 1 is 1.24 bits per heavy atom. The van der Waals surface area contributed by atoms with Gasteiger partial charge in [0, 0.05) is 28.4 Å². The molecule has 0 spiro atoms. The molecule has 3 rings (SSSR count). The Hall–Kier alpha value is -1.58. The van der Waals surface area contributed by atoms with E-state index >= 15 is 0 Å². The molecule has 0 aliphatic heterocycles. The molecule has 0 bridgehead atoms. The first kappa shape index (κ1) is 18.2. The molecule has 9 heteroatoms. The fourth-order valence-corrected chi connectivity index (χ4v) is 5.02. The molecule has 0 aliphatic rings. The van der Waals surface area contributed by atoms with E-state index in [4.69, 9.17) is 0 Å². The molecule has 0 saturated carbocycles. The minimum absolute atomic E-state index is 0.0533. The summed E-state index contributed by atoms with van der Waals surface area (Å²) >= 11 is 4.70. The van der Waals surface area contributed by atoms with Crippen molar-refractivity contribution < 1.29 is 4.79 Å². The van der Waals surface area contributed by atoms with Crippen LogP contribution in [0, 0.1) is 13.8 Å². The van der Waals surface area contributed by atoms with Crippen LogP contribution >= 0.6 is 34.4 Å². The second-order valence-electron chi connectivity index (χ2n) is 5.89. The Morgan fingerprint density at radius 2 is 2.04 bits per heavy atom. The van der Waals surface area contributed by atoms with Crippen molar-refractivity contribution in [1.29, 1.82) is 0 Å². The molecule has 1 N–H and O–H groups in total. The van der Waals surface area contributed by atoms with Crippen molar-refractivity contribution >= 4 is 55.7 Å². The molecule has 132 valence electrons. The van der Waals surface area contributed by atoms with Crippen molar-refractivity contribution in [2.24, 2.45) is 0 Å². The van der Waals surface area contributed by atoms with E-state index in [9.17, 15) is 4.79 Å². The third-order valence-corrected chi connectivity index (χ3v) is 6.93. The van der Waals surface area contributed by atoms with E-state index in [1.807, 2.05) is 0 Å². The van der Waals surface area contributed by atoms with Crippen LogP contribution in [0.5, 0.6) is 0 Å². The molecule has 3 aromatic rings. The topological polar surface area (TPSA) is 80.7 Å². The lowest BCUT2D eigenvalue weighted by Gasteiger charge is -2.03. The zero-order valence-electron chi connectivity index (χ0n) is 14.5. The largest absolute Gasteiger partial charge is 0.301 e. The molecular formula is C16H19N5OS3. The summed E-state index contributed by atoms with van der Waals surface area (Å²) in [7, 11) is 0. The first-order valence-electron chi connectivity index (χ1n) is 7.92. The van der Waals surface area contributed by atoms with E-state index in [1.165, 1.54) is 21.8 Å². The Bertz CT molecular complexity index is 902. The van der Waals surface area contributed by atoms with Crippen LogP contribution in [0.1, 0.15) is 41.6 Å². The van der Waals surface area contributed by atoms with Crippen molar-refractivity contribution in [3.8, 4) is 0 Å². The van der Waals surface area contributed by atoms with Crippen molar-refractivity contribution in [2.45, 2.75) is 45.1 Å². The second kappa shape index (κ2) is 7.76. The van der Waals surface area contributed by atoms with Crippen molar-refractivity contribution in [2.75, 3.05) is 11.1 Å². The summed E-state index contributed by atoms with van der Waals surface area (Å²) in [6.45, 7) is 8.30. The fraction of sp³-hybridized carbons (Fsp3) is 0.438. The summed E-state index contributed by atoms with van der Waals surface area (Å²) < 4.78 is 0. The number of fused-ring (bicyclic) bond motifs is 1. The highest BCUT2D eigenvalue weighted by Gasteiger charge is 2.14. The summed E-state index contributed by atoms with van der Waals surface area (Å²) in [5.74, 6) is 0.918. The van der Waals surface area contributed by atoms with E-state index in [1.54, 1.807) is 29.4 Å². The molecule has 0 aliphatic carbocycles. The summed E-state index contributed by atoms with van der Waals surface area (Å²) in [6.07, 6.45) is 1.99. The van der Waals surface area contributed by atoms with E-state index < -0.39 is 0 Å². The van der Waals surface area contributed by atoms with Gasteiger partial charge < -0.3 is 5.32 Å². The van der Waals surface area contributed by atoms with Gasteiger partial charge in [-0.15, -0.1) is 33.3 Å². The zero-order chi connectivity index (χ0) is 18.0. The number of thiophene rings is 1. The Morgan fingerprint density at radius 3 is 2.76 bits per heavy atom. The number of rotatable bonds is 6. The molecule has 0 saturated heterocycles. The molecule has 6 nitrogen and oxygen atoms in total. The Kier molecular flexibility index (Phi) is 5.65. The second-order valence-corrected chi connectivity index (χ2v) is 9.18. The molecule has 0 unspecified atom stereocenters. The van der Waals surface area contributed by atoms with Crippen LogP contribution in [0.15, 0.2) is 11.4 Å². The number of nitrogens with one attached hydrogen (secondary N) is 1. The number of aromatic nitrogens is 4. The maximum atomic E-state index is 12.1. The zero-order valence-corrected chi connectivity index (χ0v) is 16.9. The quantitative estimate of drug-likeness (QED) is 0.494. The highest BCUT2D eigenvalue weighted by Crippen LogP contribution is 2.34. The standard InChI is InChI=1S/C16H19N5OS3/c1-8(2)13-20-21-16(25-13)19-11(22)5-6-23-14-12-9(3)10(4)24-15(12)18-7-17-14/h7-8H,5-6H2,1-4H3,(H,19,21,22). The third-order valence-electron chi connectivity index (χ3n) is 3.68. The van der Waals surface area contributed by atoms with Gasteiger partial charge in [-0.3, -0.25) is 4.79 Å². The predicted octanol–water partition coefficient (Wildman–Crippen LogP) is 4.40. The van der Waals surface area contributed by atoms with Gasteiger partial charge in [-0.2, -0.15) is 0 Å². The van der Waals surface area contributed by atoms with Crippen molar-refractivity contribution in [3.05, 3.63) is 21.8 Å². The Labute approximate surface area is 158 Å². The number of anilines is 1. The molecule has 0 atom stereocenters. The number of hydrogen-bond acceptors (Lipinski definition) is 8. The van der Waals surface area contributed by atoms with Gasteiger partial charge in [-0.1, -0.05) is 25.2 Å². The third kappa shape index (κ3) is 4.16. The van der Waals surface area contributed by atoms with Crippen LogP contribution in [0.4, 0.5) is 5.13 Å². The van der Waals surface area contributed by atoms with Gasteiger partial charge in [0.1, 0.15) is 21.2 Å². The predicted molar refractivity (Wildman–Crippen MR) is 105 cm³/mol. The molecule has 0 radical (unpaired) electrons. The fourth-order valence-electron chi connectivity index (χ4n) is 2.20. The van der Waals surface area contributed by atoms with Crippen LogP contribution < -0.4 is 5.32 Å². The monoisotopic (exact) mass is 393 g/mol. The lowest BCUT2D eigenvalue weighted by molar-refractivity contribution is -0.115. The normalized spacial score (nSPS) is 11.4. The van der Waals surface area contributed by atoms with Gasteiger partial charge in [0.15, 0.2) is 0 Å². The summed E-state index contributed by atoms with van der Waals surface area (Å²) in [6, 6.07) is 0.